The van der Waals surface area contributed by atoms with Gasteiger partial charge in [0, 0.05) is 5.56 Å². The summed E-state index contributed by atoms with van der Waals surface area (Å²) in [5.41, 5.74) is 5.95. The fourth-order valence-electron chi connectivity index (χ4n) is 1.18. The predicted octanol–water partition coefficient (Wildman–Crippen LogP) is 1.72. The molecule has 1 aromatic carbocycles. The molecular formula is C9H8ClFN4. The number of halogens is 2. The van der Waals surface area contributed by atoms with E-state index in [0.29, 0.717) is 17.2 Å². The molecule has 2 aromatic rings. The fourth-order valence-corrected chi connectivity index (χ4v) is 1.43. The summed E-state index contributed by atoms with van der Waals surface area (Å²) in [6, 6.07) is 4.05. The number of nitrogens with zero attached hydrogens (tertiary/aromatic N) is 2. The first-order valence-corrected chi connectivity index (χ1v) is 4.65. The number of benzene rings is 1. The van der Waals surface area contributed by atoms with Crippen LogP contribution in [0.15, 0.2) is 18.2 Å². The van der Waals surface area contributed by atoms with Crippen molar-refractivity contribution in [3.63, 3.8) is 0 Å². The molecule has 0 aliphatic heterocycles. The van der Waals surface area contributed by atoms with E-state index in [1.807, 2.05) is 0 Å². The van der Waals surface area contributed by atoms with Crippen molar-refractivity contribution >= 4 is 11.6 Å². The summed E-state index contributed by atoms with van der Waals surface area (Å²) in [6.45, 7) is 0.270. The molecule has 0 aliphatic carbocycles. The van der Waals surface area contributed by atoms with Crippen molar-refractivity contribution < 1.29 is 4.39 Å². The quantitative estimate of drug-likeness (QED) is 0.820. The molecule has 1 aromatic heterocycles. The third-order valence-electron chi connectivity index (χ3n) is 1.90. The van der Waals surface area contributed by atoms with Crippen LogP contribution in [0, 0.1) is 5.82 Å². The monoisotopic (exact) mass is 226 g/mol. The zero-order chi connectivity index (χ0) is 10.8. The summed E-state index contributed by atoms with van der Waals surface area (Å²) in [4.78, 5) is 4.09. The Kier molecular flexibility index (Phi) is 2.66. The van der Waals surface area contributed by atoms with Gasteiger partial charge in [0.05, 0.1) is 11.6 Å². The molecule has 0 aliphatic rings. The van der Waals surface area contributed by atoms with Gasteiger partial charge in [0.2, 0.25) is 0 Å². The minimum Gasteiger partial charge on any atom is -0.324 e. The van der Waals surface area contributed by atoms with Gasteiger partial charge in [0.25, 0.3) is 0 Å². The molecule has 0 atom stereocenters. The molecule has 15 heavy (non-hydrogen) atoms. The SMILES string of the molecule is NCc1nc(-c2ccc(F)cc2Cl)n[nH]1. The summed E-state index contributed by atoms with van der Waals surface area (Å²) in [7, 11) is 0. The van der Waals surface area contributed by atoms with Crippen LogP contribution < -0.4 is 5.73 Å². The van der Waals surface area contributed by atoms with Crippen LogP contribution in [0.5, 0.6) is 0 Å². The van der Waals surface area contributed by atoms with Crippen LogP contribution in [0.25, 0.3) is 11.4 Å². The first-order chi connectivity index (χ1) is 7.20. The summed E-state index contributed by atoms with van der Waals surface area (Å²) < 4.78 is 12.8. The van der Waals surface area contributed by atoms with E-state index in [4.69, 9.17) is 17.3 Å². The molecule has 0 amide bonds. The van der Waals surface area contributed by atoms with E-state index >= 15 is 0 Å². The highest BCUT2D eigenvalue weighted by Gasteiger charge is 2.09. The molecule has 4 nitrogen and oxygen atoms in total. The highest BCUT2D eigenvalue weighted by Crippen LogP contribution is 2.25. The van der Waals surface area contributed by atoms with Crippen molar-refractivity contribution in [1.29, 1.82) is 0 Å². The van der Waals surface area contributed by atoms with E-state index in [2.05, 4.69) is 15.2 Å². The van der Waals surface area contributed by atoms with Crippen LogP contribution in [-0.4, -0.2) is 15.2 Å². The molecule has 0 spiro atoms. The van der Waals surface area contributed by atoms with Gasteiger partial charge >= 0.3 is 0 Å². The van der Waals surface area contributed by atoms with Crippen LogP contribution in [0.4, 0.5) is 4.39 Å². The molecule has 0 saturated carbocycles. The number of aromatic amines is 1. The minimum atomic E-state index is -0.390. The second-order valence-electron chi connectivity index (χ2n) is 2.93. The van der Waals surface area contributed by atoms with Gasteiger partial charge in [-0.25, -0.2) is 9.37 Å². The molecule has 0 saturated heterocycles. The van der Waals surface area contributed by atoms with Crippen LogP contribution in [-0.2, 0) is 6.54 Å². The summed E-state index contributed by atoms with van der Waals surface area (Å²) in [5.74, 6) is 0.587. The van der Waals surface area contributed by atoms with Crippen LogP contribution in [0.1, 0.15) is 5.82 Å². The normalized spacial score (nSPS) is 10.6. The summed E-state index contributed by atoms with van der Waals surface area (Å²) >= 11 is 5.85. The fraction of sp³-hybridized carbons (Fsp3) is 0.111. The van der Waals surface area contributed by atoms with Gasteiger partial charge in [-0.05, 0) is 18.2 Å². The summed E-state index contributed by atoms with van der Waals surface area (Å²) in [5, 5.41) is 6.86. The van der Waals surface area contributed by atoms with E-state index in [-0.39, 0.29) is 11.6 Å². The maximum atomic E-state index is 12.8. The zero-order valence-electron chi connectivity index (χ0n) is 7.67. The first-order valence-electron chi connectivity index (χ1n) is 4.27. The maximum Gasteiger partial charge on any atom is 0.182 e. The Bertz CT molecular complexity index is 483. The molecule has 1 heterocycles. The standard InChI is InChI=1S/C9H8ClFN4/c10-7-3-5(11)1-2-6(7)9-13-8(4-12)14-15-9/h1-3H,4,12H2,(H,13,14,15). The molecule has 0 unspecified atom stereocenters. The predicted molar refractivity (Wildman–Crippen MR) is 54.7 cm³/mol. The maximum absolute atomic E-state index is 12.8. The highest BCUT2D eigenvalue weighted by molar-refractivity contribution is 6.33. The zero-order valence-corrected chi connectivity index (χ0v) is 8.42. The van der Waals surface area contributed by atoms with E-state index in [1.165, 1.54) is 18.2 Å². The van der Waals surface area contributed by atoms with E-state index in [1.54, 1.807) is 0 Å². The van der Waals surface area contributed by atoms with E-state index in [9.17, 15) is 4.39 Å². The number of rotatable bonds is 2. The van der Waals surface area contributed by atoms with Gasteiger partial charge in [-0.15, -0.1) is 0 Å². The van der Waals surface area contributed by atoms with Crippen LogP contribution in [0.2, 0.25) is 5.02 Å². The number of nitrogens with one attached hydrogen (secondary N) is 1. The van der Waals surface area contributed by atoms with Gasteiger partial charge in [0.15, 0.2) is 5.82 Å². The molecule has 78 valence electrons. The third-order valence-corrected chi connectivity index (χ3v) is 2.21. The molecule has 2 rings (SSSR count). The lowest BCUT2D eigenvalue weighted by molar-refractivity contribution is 0.628. The third kappa shape index (κ3) is 1.98. The second-order valence-corrected chi connectivity index (χ2v) is 3.34. The van der Waals surface area contributed by atoms with Gasteiger partial charge in [-0.3, -0.25) is 5.10 Å². The Morgan fingerprint density at radius 3 is 2.87 bits per heavy atom. The Hall–Kier alpha value is -1.46. The van der Waals surface area contributed by atoms with E-state index < -0.39 is 5.82 Å². The Morgan fingerprint density at radius 1 is 1.47 bits per heavy atom. The highest BCUT2D eigenvalue weighted by atomic mass is 35.5. The lowest BCUT2D eigenvalue weighted by Gasteiger charge is -1.98. The van der Waals surface area contributed by atoms with Crippen LogP contribution >= 0.6 is 11.6 Å². The average Bonchev–Trinajstić information content (AvgIpc) is 2.66. The lowest BCUT2D eigenvalue weighted by atomic mass is 10.2. The smallest absolute Gasteiger partial charge is 0.182 e. The summed E-state index contributed by atoms with van der Waals surface area (Å²) in [6.07, 6.45) is 0. The molecule has 0 radical (unpaired) electrons. The Balaban J connectivity index is 2.44. The number of hydrogen-bond acceptors (Lipinski definition) is 3. The number of aromatic nitrogens is 3. The van der Waals surface area contributed by atoms with Gasteiger partial charge in [-0.1, -0.05) is 11.6 Å². The lowest BCUT2D eigenvalue weighted by Crippen LogP contribution is -1.97. The average molecular weight is 227 g/mol. The molecule has 0 fully saturated rings. The number of nitrogens with two attached hydrogens (primary N) is 1. The molecule has 0 bridgehead atoms. The van der Waals surface area contributed by atoms with Gasteiger partial charge in [0.1, 0.15) is 11.6 Å². The molecule has 3 N–H and O–H groups in total. The van der Waals surface area contributed by atoms with Crippen molar-refractivity contribution in [2.45, 2.75) is 6.54 Å². The van der Waals surface area contributed by atoms with Gasteiger partial charge < -0.3 is 5.73 Å². The van der Waals surface area contributed by atoms with Crippen molar-refractivity contribution in [3.8, 4) is 11.4 Å². The van der Waals surface area contributed by atoms with Crippen molar-refractivity contribution in [2.24, 2.45) is 5.73 Å². The number of hydrogen-bond donors (Lipinski definition) is 2. The topological polar surface area (TPSA) is 67.6 Å². The molecular weight excluding hydrogens is 219 g/mol. The van der Waals surface area contributed by atoms with E-state index in [0.717, 1.165) is 0 Å². The van der Waals surface area contributed by atoms with Crippen molar-refractivity contribution in [2.75, 3.05) is 0 Å². The largest absolute Gasteiger partial charge is 0.324 e. The van der Waals surface area contributed by atoms with Gasteiger partial charge in [-0.2, -0.15) is 5.10 Å². The van der Waals surface area contributed by atoms with Crippen molar-refractivity contribution in [1.82, 2.24) is 15.2 Å². The second kappa shape index (κ2) is 3.96. The molecule has 6 heteroatoms. The Labute approximate surface area is 90.3 Å². The van der Waals surface area contributed by atoms with Crippen LogP contribution in [0.3, 0.4) is 0 Å². The Morgan fingerprint density at radius 2 is 2.27 bits per heavy atom. The minimum absolute atomic E-state index is 0.270. The van der Waals surface area contributed by atoms with Crippen molar-refractivity contribution in [3.05, 3.63) is 34.9 Å². The number of H-pyrrole nitrogens is 1. The first kappa shape index (κ1) is 10.1.